The Balaban J connectivity index is 2.39. The molecule has 6 heteroatoms. The molecule has 1 rings (SSSR count). The fourth-order valence-electron chi connectivity index (χ4n) is 0.905. The predicted octanol–water partition coefficient (Wildman–Crippen LogP) is 1.43. The average molecular weight is 243 g/mol. The van der Waals surface area contributed by atoms with Crippen LogP contribution in [0.25, 0.3) is 0 Å². The Hall–Kier alpha value is -1.01. The molecular weight excluding hydrogens is 230 g/mol. The van der Waals surface area contributed by atoms with Gasteiger partial charge >= 0.3 is 0 Å². The number of thiazole rings is 1. The van der Waals surface area contributed by atoms with Crippen LogP contribution in [0.1, 0.15) is 5.69 Å². The number of nitrogens with one attached hydrogen (secondary N) is 1. The maximum absolute atomic E-state index is 11.3. The summed E-state index contributed by atoms with van der Waals surface area (Å²) in [7, 11) is 0. The molecule has 0 radical (unpaired) electrons. The van der Waals surface area contributed by atoms with Crippen molar-refractivity contribution in [1.29, 1.82) is 0 Å². The lowest BCUT2D eigenvalue weighted by atomic mass is 10.6. The van der Waals surface area contributed by atoms with Gasteiger partial charge in [-0.05, 0) is 6.92 Å². The first kappa shape index (κ1) is 12.1. The molecule has 1 heterocycles. The summed E-state index contributed by atoms with van der Waals surface area (Å²) in [6.45, 7) is 5.91. The van der Waals surface area contributed by atoms with Crippen LogP contribution < -0.4 is 11.1 Å². The van der Waals surface area contributed by atoms with E-state index in [0.29, 0.717) is 17.4 Å². The summed E-state index contributed by atoms with van der Waals surface area (Å²) in [6.07, 6.45) is 1.65. The Bertz CT molecular complexity index is 362. The maximum Gasteiger partial charge on any atom is 0.230 e. The topological polar surface area (TPSA) is 68.0 Å². The number of nitrogen functional groups attached to an aromatic ring is 1. The number of hydrogen-bond donors (Lipinski definition) is 2. The first-order valence-corrected chi connectivity index (χ1v) is 6.17. The SMILES string of the molecule is C=CCNC(=O)CSc1sc(N)nc1C. The molecule has 0 fully saturated rings. The summed E-state index contributed by atoms with van der Waals surface area (Å²) < 4.78 is 1.00. The van der Waals surface area contributed by atoms with Crippen LogP contribution >= 0.6 is 23.1 Å². The summed E-state index contributed by atoms with van der Waals surface area (Å²) in [5.41, 5.74) is 6.43. The first-order chi connectivity index (χ1) is 7.13. The molecular formula is C9H13N3OS2. The zero-order chi connectivity index (χ0) is 11.3. The standard InChI is InChI=1S/C9H13N3OS2/c1-3-4-11-7(13)5-14-8-6(2)12-9(10)15-8/h3H,1,4-5H2,2H3,(H2,10,12)(H,11,13). The van der Waals surface area contributed by atoms with E-state index >= 15 is 0 Å². The Morgan fingerprint density at radius 2 is 2.53 bits per heavy atom. The first-order valence-electron chi connectivity index (χ1n) is 4.36. The molecule has 0 unspecified atom stereocenters. The number of hydrogen-bond acceptors (Lipinski definition) is 5. The van der Waals surface area contributed by atoms with Crippen LogP contribution in [0.3, 0.4) is 0 Å². The second-order valence-electron chi connectivity index (χ2n) is 2.81. The van der Waals surface area contributed by atoms with Gasteiger partial charge in [0, 0.05) is 6.54 Å². The van der Waals surface area contributed by atoms with Gasteiger partial charge in [0.2, 0.25) is 5.91 Å². The Labute approximate surface area is 97.0 Å². The molecule has 0 bridgehead atoms. The highest BCUT2D eigenvalue weighted by Crippen LogP contribution is 2.30. The molecule has 82 valence electrons. The van der Waals surface area contributed by atoms with Gasteiger partial charge in [0.1, 0.15) is 0 Å². The smallest absolute Gasteiger partial charge is 0.230 e. The molecule has 15 heavy (non-hydrogen) atoms. The second-order valence-corrected chi connectivity index (χ2v) is 5.08. The lowest BCUT2D eigenvalue weighted by molar-refractivity contribution is -0.118. The minimum absolute atomic E-state index is 0.00808. The highest BCUT2D eigenvalue weighted by atomic mass is 32.2. The van der Waals surface area contributed by atoms with Crippen molar-refractivity contribution in [2.24, 2.45) is 0 Å². The van der Waals surface area contributed by atoms with Gasteiger partial charge < -0.3 is 11.1 Å². The number of thioether (sulfide) groups is 1. The van der Waals surface area contributed by atoms with E-state index in [1.165, 1.54) is 23.1 Å². The van der Waals surface area contributed by atoms with Gasteiger partial charge in [0.15, 0.2) is 5.13 Å². The highest BCUT2D eigenvalue weighted by molar-refractivity contribution is 8.01. The van der Waals surface area contributed by atoms with E-state index in [1.807, 2.05) is 6.92 Å². The fourth-order valence-corrected chi connectivity index (χ4v) is 2.76. The predicted molar refractivity (Wildman–Crippen MR) is 65.2 cm³/mol. The number of amides is 1. The molecule has 1 aromatic heterocycles. The van der Waals surface area contributed by atoms with Crippen LogP contribution in [-0.2, 0) is 4.79 Å². The van der Waals surface area contributed by atoms with Crippen LogP contribution in [0.4, 0.5) is 5.13 Å². The summed E-state index contributed by atoms with van der Waals surface area (Å²) >= 11 is 2.87. The average Bonchev–Trinajstić information content (AvgIpc) is 2.51. The minimum Gasteiger partial charge on any atom is -0.375 e. The summed E-state index contributed by atoms with van der Waals surface area (Å²) in [4.78, 5) is 15.3. The van der Waals surface area contributed by atoms with Crippen molar-refractivity contribution in [2.75, 3.05) is 18.0 Å². The molecule has 1 amide bonds. The van der Waals surface area contributed by atoms with E-state index in [-0.39, 0.29) is 5.91 Å². The van der Waals surface area contributed by atoms with E-state index in [4.69, 9.17) is 5.73 Å². The Kier molecular flexibility index (Phi) is 4.64. The van der Waals surface area contributed by atoms with Gasteiger partial charge in [-0.1, -0.05) is 17.4 Å². The molecule has 1 aromatic rings. The third-order valence-corrected chi connectivity index (χ3v) is 3.90. The largest absolute Gasteiger partial charge is 0.375 e. The van der Waals surface area contributed by atoms with Gasteiger partial charge in [-0.3, -0.25) is 4.79 Å². The zero-order valence-electron chi connectivity index (χ0n) is 8.45. The summed E-state index contributed by atoms with van der Waals surface area (Å²) in [6, 6.07) is 0. The van der Waals surface area contributed by atoms with Gasteiger partial charge in [-0.2, -0.15) is 0 Å². The molecule has 0 aliphatic carbocycles. The van der Waals surface area contributed by atoms with E-state index in [1.54, 1.807) is 6.08 Å². The van der Waals surface area contributed by atoms with Gasteiger partial charge in [0.05, 0.1) is 15.7 Å². The van der Waals surface area contributed by atoms with E-state index < -0.39 is 0 Å². The normalized spacial score (nSPS) is 9.93. The lowest BCUT2D eigenvalue weighted by Gasteiger charge is -2.00. The minimum atomic E-state index is -0.00808. The molecule has 0 saturated heterocycles. The van der Waals surface area contributed by atoms with Crippen molar-refractivity contribution in [3.05, 3.63) is 18.3 Å². The van der Waals surface area contributed by atoms with Gasteiger partial charge in [-0.15, -0.1) is 18.3 Å². The van der Waals surface area contributed by atoms with Crippen molar-refractivity contribution in [3.63, 3.8) is 0 Å². The van der Waals surface area contributed by atoms with Crippen molar-refractivity contribution in [2.45, 2.75) is 11.1 Å². The zero-order valence-corrected chi connectivity index (χ0v) is 10.1. The number of nitrogens with two attached hydrogens (primary N) is 1. The van der Waals surface area contributed by atoms with Crippen LogP contribution in [-0.4, -0.2) is 23.2 Å². The van der Waals surface area contributed by atoms with Crippen molar-refractivity contribution in [1.82, 2.24) is 10.3 Å². The summed E-state index contributed by atoms with van der Waals surface area (Å²) in [5.74, 6) is 0.377. The molecule has 0 aromatic carbocycles. The monoisotopic (exact) mass is 243 g/mol. The Morgan fingerprint density at radius 1 is 1.80 bits per heavy atom. The van der Waals surface area contributed by atoms with Crippen molar-refractivity contribution in [3.8, 4) is 0 Å². The molecule has 0 saturated carbocycles. The number of nitrogens with zero attached hydrogens (tertiary/aromatic N) is 1. The van der Waals surface area contributed by atoms with Crippen molar-refractivity contribution >= 4 is 34.1 Å². The lowest BCUT2D eigenvalue weighted by Crippen LogP contribution is -2.24. The van der Waals surface area contributed by atoms with Crippen LogP contribution in [0, 0.1) is 6.92 Å². The van der Waals surface area contributed by atoms with E-state index in [9.17, 15) is 4.79 Å². The van der Waals surface area contributed by atoms with Crippen LogP contribution in [0.5, 0.6) is 0 Å². The molecule has 4 nitrogen and oxygen atoms in total. The molecule has 0 spiro atoms. The van der Waals surface area contributed by atoms with E-state index in [0.717, 1.165) is 9.90 Å². The molecule has 3 N–H and O–H groups in total. The number of rotatable bonds is 5. The third-order valence-electron chi connectivity index (χ3n) is 1.55. The number of anilines is 1. The second kappa shape index (κ2) is 5.77. The third kappa shape index (κ3) is 3.93. The summed E-state index contributed by atoms with van der Waals surface area (Å²) in [5, 5.41) is 3.25. The molecule has 0 atom stereocenters. The number of aromatic nitrogens is 1. The van der Waals surface area contributed by atoms with Crippen LogP contribution in [0.15, 0.2) is 16.9 Å². The van der Waals surface area contributed by atoms with Crippen LogP contribution in [0.2, 0.25) is 0 Å². The van der Waals surface area contributed by atoms with Crippen molar-refractivity contribution < 1.29 is 4.79 Å². The van der Waals surface area contributed by atoms with Gasteiger partial charge in [0.25, 0.3) is 0 Å². The molecule has 0 aliphatic heterocycles. The van der Waals surface area contributed by atoms with E-state index in [2.05, 4.69) is 16.9 Å². The van der Waals surface area contributed by atoms with Gasteiger partial charge in [-0.25, -0.2) is 4.98 Å². The highest BCUT2D eigenvalue weighted by Gasteiger charge is 2.08. The number of aryl methyl sites for hydroxylation is 1. The molecule has 0 aliphatic rings. The fraction of sp³-hybridized carbons (Fsp3) is 0.333. The Morgan fingerprint density at radius 3 is 3.07 bits per heavy atom. The number of carbonyl (C=O) groups excluding carboxylic acids is 1. The quantitative estimate of drug-likeness (QED) is 0.606. The number of carbonyl (C=O) groups is 1. The maximum atomic E-state index is 11.3.